The van der Waals surface area contributed by atoms with Crippen molar-refractivity contribution in [2.45, 2.75) is 13.0 Å². The van der Waals surface area contributed by atoms with Crippen molar-refractivity contribution in [2.24, 2.45) is 0 Å². The highest BCUT2D eigenvalue weighted by Gasteiger charge is 2.18. The van der Waals surface area contributed by atoms with E-state index in [9.17, 15) is 8.42 Å². The van der Waals surface area contributed by atoms with Crippen LogP contribution >= 0.6 is 15.9 Å². The number of sulfonamides is 1. The highest BCUT2D eigenvalue weighted by atomic mass is 79.9. The summed E-state index contributed by atoms with van der Waals surface area (Å²) in [6.45, 7) is 1.80. The van der Waals surface area contributed by atoms with Crippen LogP contribution in [-0.4, -0.2) is 53.2 Å². The average molecular weight is 362 g/mol. The lowest BCUT2D eigenvalue weighted by Crippen LogP contribution is -2.33. The minimum Gasteiger partial charge on any atom is -0.366 e. The van der Waals surface area contributed by atoms with Gasteiger partial charge in [0.2, 0.25) is 10.0 Å². The second-order valence-electron chi connectivity index (χ2n) is 4.68. The van der Waals surface area contributed by atoms with Crippen molar-refractivity contribution in [3.8, 4) is 0 Å². The molecule has 9 heteroatoms. The second-order valence-corrected chi connectivity index (χ2v) is 7.76. The topological polar surface area (TPSA) is 79.6 Å². The average Bonchev–Trinajstić information content (AvgIpc) is 2.70. The highest BCUT2D eigenvalue weighted by Crippen LogP contribution is 2.17. The summed E-state index contributed by atoms with van der Waals surface area (Å²) in [4.78, 5) is 4.38. The smallest absolute Gasteiger partial charge is 0.215 e. The van der Waals surface area contributed by atoms with E-state index in [4.69, 9.17) is 0 Å². The number of aromatic nitrogens is 3. The van der Waals surface area contributed by atoms with Crippen molar-refractivity contribution in [1.82, 2.24) is 18.9 Å². The number of anilines is 1. The SMILES string of the molecule is CC(CS(=O)(=O)N(C)C)Nc1ccn2ncc(Br)c2n1. The van der Waals surface area contributed by atoms with Crippen LogP contribution in [0, 0.1) is 0 Å². The number of hydrogen-bond donors (Lipinski definition) is 1. The van der Waals surface area contributed by atoms with E-state index in [1.807, 2.05) is 0 Å². The number of halogens is 1. The molecule has 0 aliphatic carbocycles. The summed E-state index contributed by atoms with van der Waals surface area (Å²) >= 11 is 3.36. The molecule has 1 unspecified atom stereocenters. The van der Waals surface area contributed by atoms with Crippen LogP contribution in [0.2, 0.25) is 0 Å². The van der Waals surface area contributed by atoms with E-state index < -0.39 is 10.0 Å². The van der Waals surface area contributed by atoms with Crippen LogP contribution in [0.15, 0.2) is 22.9 Å². The number of hydrogen-bond acceptors (Lipinski definition) is 5. The molecule has 20 heavy (non-hydrogen) atoms. The molecule has 1 atom stereocenters. The zero-order valence-corrected chi connectivity index (χ0v) is 13.8. The van der Waals surface area contributed by atoms with Crippen molar-refractivity contribution >= 4 is 37.4 Å². The zero-order valence-electron chi connectivity index (χ0n) is 11.4. The van der Waals surface area contributed by atoms with E-state index >= 15 is 0 Å². The summed E-state index contributed by atoms with van der Waals surface area (Å²) in [5.74, 6) is 0.618. The molecular weight excluding hydrogens is 346 g/mol. The Kier molecular flexibility index (Phi) is 4.31. The molecule has 0 fully saturated rings. The summed E-state index contributed by atoms with van der Waals surface area (Å²) in [6, 6.07) is 1.50. The summed E-state index contributed by atoms with van der Waals surface area (Å²) in [5.41, 5.74) is 0.678. The van der Waals surface area contributed by atoms with Crippen LogP contribution in [-0.2, 0) is 10.0 Å². The first-order valence-electron chi connectivity index (χ1n) is 5.96. The van der Waals surface area contributed by atoms with Crippen LogP contribution in [0.4, 0.5) is 5.82 Å². The van der Waals surface area contributed by atoms with Gasteiger partial charge in [-0.25, -0.2) is 22.2 Å². The minimum atomic E-state index is -3.24. The Labute approximate surface area is 126 Å². The molecule has 110 valence electrons. The van der Waals surface area contributed by atoms with E-state index in [1.54, 1.807) is 29.9 Å². The maximum atomic E-state index is 11.8. The molecule has 7 nitrogen and oxygen atoms in total. The third-order valence-electron chi connectivity index (χ3n) is 2.74. The first-order valence-corrected chi connectivity index (χ1v) is 8.36. The highest BCUT2D eigenvalue weighted by molar-refractivity contribution is 9.10. The lowest BCUT2D eigenvalue weighted by molar-refractivity contribution is 0.517. The molecule has 0 saturated carbocycles. The monoisotopic (exact) mass is 361 g/mol. The van der Waals surface area contributed by atoms with Gasteiger partial charge >= 0.3 is 0 Å². The molecule has 2 rings (SSSR count). The molecule has 0 saturated heterocycles. The van der Waals surface area contributed by atoms with Crippen molar-refractivity contribution in [3.63, 3.8) is 0 Å². The maximum Gasteiger partial charge on any atom is 0.215 e. The van der Waals surface area contributed by atoms with Gasteiger partial charge in [-0.2, -0.15) is 5.10 Å². The first kappa shape index (κ1) is 15.2. The molecule has 2 aromatic rings. The van der Waals surface area contributed by atoms with E-state index in [1.165, 1.54) is 18.4 Å². The Hall–Kier alpha value is -1.19. The normalized spacial score (nSPS) is 13.8. The third kappa shape index (κ3) is 3.28. The van der Waals surface area contributed by atoms with Gasteiger partial charge < -0.3 is 5.32 Å². The van der Waals surface area contributed by atoms with Crippen molar-refractivity contribution < 1.29 is 8.42 Å². The number of rotatable bonds is 5. The molecule has 0 aromatic carbocycles. The van der Waals surface area contributed by atoms with Gasteiger partial charge in [0, 0.05) is 26.3 Å². The lowest BCUT2D eigenvalue weighted by atomic mass is 10.4. The van der Waals surface area contributed by atoms with Gasteiger partial charge in [-0.1, -0.05) is 0 Å². The molecule has 0 amide bonds. The van der Waals surface area contributed by atoms with E-state index in [0.717, 1.165) is 4.47 Å². The summed E-state index contributed by atoms with van der Waals surface area (Å²) in [5, 5.41) is 7.18. The number of nitrogens with one attached hydrogen (secondary N) is 1. The molecule has 2 aromatic heterocycles. The molecular formula is C11H16BrN5O2S. The Bertz CT molecular complexity index is 713. The van der Waals surface area contributed by atoms with Gasteiger partial charge in [-0.3, -0.25) is 0 Å². The Morgan fingerprint density at radius 3 is 2.85 bits per heavy atom. The van der Waals surface area contributed by atoms with Crippen LogP contribution in [0.3, 0.4) is 0 Å². The Balaban J connectivity index is 2.13. The van der Waals surface area contributed by atoms with Crippen LogP contribution in [0.25, 0.3) is 5.65 Å². The molecule has 0 aliphatic heterocycles. The summed E-state index contributed by atoms with van der Waals surface area (Å²) in [6.07, 6.45) is 3.43. The predicted molar refractivity (Wildman–Crippen MR) is 81.2 cm³/mol. The van der Waals surface area contributed by atoms with Gasteiger partial charge in [-0.15, -0.1) is 0 Å². The largest absolute Gasteiger partial charge is 0.366 e. The summed E-state index contributed by atoms with van der Waals surface area (Å²) in [7, 11) is -0.194. The standard InChI is InChI=1S/C11H16BrN5O2S/c1-8(7-20(18,19)16(2)3)14-10-4-5-17-11(15-10)9(12)6-13-17/h4-6,8H,7H2,1-3H3,(H,14,15). The fourth-order valence-corrected chi connectivity index (χ4v) is 3.06. The maximum absolute atomic E-state index is 11.8. The van der Waals surface area contributed by atoms with E-state index in [0.29, 0.717) is 11.5 Å². The molecule has 1 N–H and O–H groups in total. The molecule has 2 heterocycles. The lowest BCUT2D eigenvalue weighted by Gasteiger charge is -2.17. The Morgan fingerprint density at radius 1 is 1.50 bits per heavy atom. The van der Waals surface area contributed by atoms with Crippen LogP contribution in [0.5, 0.6) is 0 Å². The third-order valence-corrected chi connectivity index (χ3v) is 5.33. The second kappa shape index (κ2) is 5.66. The first-order chi connectivity index (χ1) is 9.29. The molecule has 0 spiro atoms. The Morgan fingerprint density at radius 2 is 2.20 bits per heavy atom. The molecule has 0 aliphatic rings. The van der Waals surface area contributed by atoms with E-state index in [2.05, 4.69) is 31.3 Å². The fraction of sp³-hybridized carbons (Fsp3) is 0.455. The van der Waals surface area contributed by atoms with Gasteiger partial charge in [0.1, 0.15) is 5.82 Å². The van der Waals surface area contributed by atoms with E-state index in [-0.39, 0.29) is 11.8 Å². The quantitative estimate of drug-likeness (QED) is 0.864. The van der Waals surface area contributed by atoms with Crippen LogP contribution < -0.4 is 5.32 Å². The van der Waals surface area contributed by atoms with Crippen molar-refractivity contribution in [2.75, 3.05) is 25.2 Å². The van der Waals surface area contributed by atoms with Gasteiger partial charge in [0.15, 0.2) is 5.65 Å². The minimum absolute atomic E-state index is 0.00723. The number of nitrogens with zero attached hydrogens (tertiary/aromatic N) is 4. The van der Waals surface area contributed by atoms with Crippen molar-refractivity contribution in [1.29, 1.82) is 0 Å². The summed E-state index contributed by atoms with van der Waals surface area (Å²) < 4.78 is 27.2. The fourth-order valence-electron chi connectivity index (χ4n) is 1.68. The molecule has 0 radical (unpaired) electrons. The van der Waals surface area contributed by atoms with Crippen LogP contribution in [0.1, 0.15) is 6.92 Å². The van der Waals surface area contributed by atoms with Gasteiger partial charge in [0.05, 0.1) is 16.4 Å². The van der Waals surface area contributed by atoms with Gasteiger partial charge in [0.25, 0.3) is 0 Å². The molecule has 0 bridgehead atoms. The van der Waals surface area contributed by atoms with Gasteiger partial charge in [-0.05, 0) is 28.9 Å². The zero-order chi connectivity index (χ0) is 14.9. The van der Waals surface area contributed by atoms with Crippen molar-refractivity contribution in [3.05, 3.63) is 22.9 Å². The number of fused-ring (bicyclic) bond motifs is 1. The predicted octanol–water partition coefficient (Wildman–Crippen LogP) is 1.18.